The van der Waals surface area contributed by atoms with Crippen molar-refractivity contribution in [1.82, 2.24) is 24.4 Å². The Kier molecular flexibility index (Phi) is 4.84. The molecule has 0 bridgehead atoms. The first-order valence-corrected chi connectivity index (χ1v) is 10.3. The molecule has 8 nitrogen and oxygen atoms in total. The zero-order valence-corrected chi connectivity index (χ0v) is 18.3. The number of amides is 2. The largest absolute Gasteiger partial charge is 0.346 e. The summed E-state index contributed by atoms with van der Waals surface area (Å²) in [7, 11) is -0.477. The summed E-state index contributed by atoms with van der Waals surface area (Å²) in [6, 6.07) is 7.37. The average molecular weight is 443 g/mol. The number of anilines is 2. The van der Waals surface area contributed by atoms with Crippen molar-refractivity contribution in [3.8, 4) is 5.69 Å². The summed E-state index contributed by atoms with van der Waals surface area (Å²) in [5.74, 6) is 0.365. The van der Waals surface area contributed by atoms with Crippen LogP contribution in [0.5, 0.6) is 0 Å². The first-order valence-electron chi connectivity index (χ1n) is 11.6. The number of rotatable bonds is 6. The number of carbonyl (C=O) groups is 1. The molecule has 9 heteroatoms. The minimum atomic E-state index is -1.99. The second-order valence-corrected chi connectivity index (χ2v) is 8.12. The number of hydrogen-bond acceptors (Lipinski definition) is 5. The number of nitrogens with zero attached hydrogens (tertiary/aromatic N) is 6. The summed E-state index contributed by atoms with van der Waals surface area (Å²) in [4.78, 5) is 28.4. The van der Waals surface area contributed by atoms with E-state index in [4.69, 9.17) is 15.7 Å². The van der Waals surface area contributed by atoms with Crippen LogP contribution in [0.2, 0.25) is 5.02 Å². The van der Waals surface area contributed by atoms with Crippen molar-refractivity contribution >= 4 is 29.4 Å². The molecule has 31 heavy (non-hydrogen) atoms. The van der Waals surface area contributed by atoms with E-state index in [-0.39, 0.29) is 23.7 Å². The van der Waals surface area contributed by atoms with Gasteiger partial charge in [-0.1, -0.05) is 25.4 Å². The molecule has 1 aliphatic rings. The molecule has 3 aromatic rings. The number of benzene rings is 1. The van der Waals surface area contributed by atoms with E-state index in [0.717, 1.165) is 16.3 Å². The summed E-state index contributed by atoms with van der Waals surface area (Å²) < 4.78 is 26.4. The highest BCUT2D eigenvalue weighted by molar-refractivity contribution is 6.30. The third-order valence-electron chi connectivity index (χ3n) is 5.04. The van der Waals surface area contributed by atoms with Crippen molar-refractivity contribution in [3.05, 3.63) is 59.8 Å². The van der Waals surface area contributed by atoms with E-state index in [2.05, 4.69) is 20.3 Å². The van der Waals surface area contributed by atoms with Crippen LogP contribution in [-0.2, 0) is 0 Å². The molecule has 1 N–H and O–H groups in total. The predicted octanol–water partition coefficient (Wildman–Crippen LogP) is 4.39. The topological polar surface area (TPSA) is 79.2 Å². The van der Waals surface area contributed by atoms with Gasteiger partial charge in [0.25, 0.3) is 0 Å². The normalized spacial score (nSPS) is 20.5. The van der Waals surface area contributed by atoms with E-state index < -0.39 is 25.6 Å². The second-order valence-electron chi connectivity index (χ2n) is 7.69. The van der Waals surface area contributed by atoms with E-state index in [1.165, 1.54) is 11.1 Å². The number of imidazole rings is 1. The lowest BCUT2D eigenvalue weighted by Gasteiger charge is -2.25. The molecule has 1 aliphatic heterocycles. The number of urea groups is 1. The molecular weight excluding hydrogens is 414 g/mol. The fourth-order valence-corrected chi connectivity index (χ4v) is 3.47. The minimum absolute atomic E-state index is 0.197. The van der Waals surface area contributed by atoms with Gasteiger partial charge in [0.15, 0.2) is 0 Å². The molecule has 1 fully saturated rings. The van der Waals surface area contributed by atoms with Crippen LogP contribution >= 0.6 is 11.6 Å². The van der Waals surface area contributed by atoms with Gasteiger partial charge >= 0.3 is 6.03 Å². The Morgan fingerprint density at radius 1 is 1.23 bits per heavy atom. The Bertz CT molecular complexity index is 1170. The Morgan fingerprint density at radius 2 is 2.00 bits per heavy atom. The lowest BCUT2D eigenvalue weighted by molar-refractivity contribution is 0.229. The molecule has 2 atom stereocenters. The number of nitrogens with one attached hydrogen (secondary N) is 1. The molecule has 0 spiro atoms. The van der Waals surface area contributed by atoms with Crippen LogP contribution in [0.1, 0.15) is 36.6 Å². The van der Waals surface area contributed by atoms with E-state index >= 15 is 0 Å². The first kappa shape index (κ1) is 17.5. The number of hydrogen-bond donors (Lipinski definition) is 1. The van der Waals surface area contributed by atoms with E-state index in [1.54, 1.807) is 12.4 Å². The molecule has 0 aliphatic carbocycles. The smallest absolute Gasteiger partial charge is 0.325 e. The minimum Gasteiger partial charge on any atom is -0.346 e. The third-order valence-corrected chi connectivity index (χ3v) is 5.29. The predicted molar refractivity (Wildman–Crippen MR) is 122 cm³/mol. The highest BCUT2D eigenvalue weighted by Crippen LogP contribution is 2.27. The maximum absolute atomic E-state index is 13.0. The van der Waals surface area contributed by atoms with Gasteiger partial charge in [0.1, 0.15) is 5.82 Å². The maximum Gasteiger partial charge on any atom is 0.325 e. The van der Waals surface area contributed by atoms with Gasteiger partial charge in [0, 0.05) is 38.0 Å². The van der Waals surface area contributed by atoms with Crippen LogP contribution in [0, 0.1) is 5.92 Å². The highest BCUT2D eigenvalue weighted by Gasteiger charge is 2.38. The molecule has 0 radical (unpaired) electrons. The molecule has 0 saturated carbocycles. The zero-order valence-electron chi connectivity index (χ0n) is 20.5. The van der Waals surface area contributed by atoms with Gasteiger partial charge < -0.3 is 14.8 Å². The molecule has 162 valence electrons. The molecule has 2 aromatic heterocycles. The third kappa shape index (κ3) is 4.34. The summed E-state index contributed by atoms with van der Waals surface area (Å²) in [5, 5.41) is 3.86. The number of aromatic nitrogens is 4. The summed E-state index contributed by atoms with van der Waals surface area (Å²) >= 11 is 5.97. The standard InChI is InChI=1S/C22H26ClN7O/c1-14(2)19-12-28(4)22(31)30(19)20-9-10-24-21(27-20)26-15(3)18-11-29(13-25-18)17-7-5-16(23)6-8-17/h5-11,13-15,19H,12H2,1-4H3,(H,24,26,27)/t15-,19+/m0/s1/i4D,12D2. The molecule has 0 unspecified atom stereocenters. The van der Waals surface area contributed by atoms with E-state index in [9.17, 15) is 4.79 Å². The molecule has 3 heterocycles. The van der Waals surface area contributed by atoms with Crippen LogP contribution in [0.3, 0.4) is 0 Å². The average Bonchev–Trinajstić information content (AvgIpc) is 3.35. The monoisotopic (exact) mass is 442 g/mol. The zero-order chi connectivity index (χ0) is 24.6. The Balaban J connectivity index is 1.56. The second kappa shape index (κ2) is 8.55. The van der Waals surface area contributed by atoms with Crippen LogP contribution in [0.15, 0.2) is 49.1 Å². The van der Waals surface area contributed by atoms with Gasteiger partial charge in [0.2, 0.25) is 5.95 Å². The quantitative estimate of drug-likeness (QED) is 0.612. The first-order chi connectivity index (χ1) is 16.1. The summed E-state index contributed by atoms with van der Waals surface area (Å²) in [6.45, 7) is 3.61. The van der Waals surface area contributed by atoms with Crippen LogP contribution in [0.25, 0.3) is 5.69 Å². The lowest BCUT2D eigenvalue weighted by Crippen LogP contribution is -2.38. The van der Waals surface area contributed by atoms with Gasteiger partial charge in [-0.05, 0) is 43.2 Å². The van der Waals surface area contributed by atoms with Crippen LogP contribution < -0.4 is 10.2 Å². The van der Waals surface area contributed by atoms with Gasteiger partial charge in [-0.3, -0.25) is 4.90 Å². The van der Waals surface area contributed by atoms with Crippen LogP contribution in [0.4, 0.5) is 16.6 Å². The van der Waals surface area contributed by atoms with E-state index in [1.807, 2.05) is 55.8 Å². The fraction of sp³-hybridized carbons (Fsp3) is 0.364. The van der Waals surface area contributed by atoms with Gasteiger partial charge in [0.05, 0.1) is 26.8 Å². The molecule has 4 rings (SSSR count). The number of carbonyl (C=O) groups excluding carboxylic acids is 1. The SMILES string of the molecule is [2H]CN1C(=O)N(c2ccnc(N[C@@H](C)c3cn(-c4ccc(Cl)cc4)cn3)n2)[C@@H](C(C)C)C1([2H])[2H]. The number of likely N-dealkylation sites (N-methyl/N-ethyl adjacent to an activating group) is 1. The van der Waals surface area contributed by atoms with Gasteiger partial charge in [-0.25, -0.2) is 14.8 Å². The number of halogens is 1. The van der Waals surface area contributed by atoms with Gasteiger partial charge in [-0.15, -0.1) is 0 Å². The Morgan fingerprint density at radius 3 is 2.71 bits per heavy atom. The van der Waals surface area contributed by atoms with Crippen LogP contribution in [-0.4, -0.2) is 50.0 Å². The lowest BCUT2D eigenvalue weighted by atomic mass is 10.0. The van der Waals surface area contributed by atoms with Crippen molar-refractivity contribution in [2.75, 3.05) is 23.7 Å². The van der Waals surface area contributed by atoms with Crippen molar-refractivity contribution in [3.63, 3.8) is 0 Å². The van der Waals surface area contributed by atoms with Crippen molar-refractivity contribution in [2.45, 2.75) is 32.9 Å². The van der Waals surface area contributed by atoms with Crippen molar-refractivity contribution in [2.24, 2.45) is 5.92 Å². The van der Waals surface area contributed by atoms with E-state index in [0.29, 0.717) is 5.02 Å². The van der Waals surface area contributed by atoms with Gasteiger partial charge in [-0.2, -0.15) is 4.98 Å². The fourth-order valence-electron chi connectivity index (χ4n) is 3.35. The molecule has 1 saturated heterocycles. The summed E-state index contributed by atoms with van der Waals surface area (Å²) in [6.07, 6.45) is 5.12. The Labute approximate surface area is 191 Å². The molecular formula is C22H26ClN7O. The van der Waals surface area contributed by atoms with Crippen molar-refractivity contribution in [1.29, 1.82) is 0 Å². The summed E-state index contributed by atoms with van der Waals surface area (Å²) in [5.41, 5.74) is 1.69. The highest BCUT2D eigenvalue weighted by atomic mass is 35.5. The molecule has 2 amide bonds. The molecule has 1 aromatic carbocycles. The van der Waals surface area contributed by atoms with Crippen molar-refractivity contribution < 1.29 is 8.91 Å². The Hall–Kier alpha value is -3.13. The maximum atomic E-state index is 13.0.